The number of nitrogens with zero attached hydrogens (tertiary/aromatic N) is 3. The van der Waals surface area contributed by atoms with Gasteiger partial charge in [0.25, 0.3) is 0 Å². The number of aryl methyl sites for hydroxylation is 1. The topological polar surface area (TPSA) is 44.9 Å². The first kappa shape index (κ1) is 27.4. The second kappa shape index (κ2) is 12.7. The molecule has 1 aliphatic rings. The van der Waals surface area contributed by atoms with Gasteiger partial charge in [0.1, 0.15) is 0 Å². The molecule has 0 aliphatic heterocycles. The Hall–Kier alpha value is -3.63. The maximum absolute atomic E-state index is 5.87. The number of likely N-dealkylation sites (N-methyl/N-ethyl adjacent to an activating group) is 1. The molecule has 4 rings (SSSR count). The largest absolute Gasteiger partial charge is 0.372 e. The molecule has 198 valence electrons. The van der Waals surface area contributed by atoms with Crippen LogP contribution >= 0.6 is 0 Å². The van der Waals surface area contributed by atoms with Crippen molar-refractivity contribution in [2.45, 2.75) is 34.6 Å². The van der Waals surface area contributed by atoms with Gasteiger partial charge in [0.15, 0.2) is 0 Å². The summed E-state index contributed by atoms with van der Waals surface area (Å²) in [6.45, 7) is 16.1. The minimum absolute atomic E-state index is 0.645. The molecule has 3 aromatic rings. The summed E-state index contributed by atoms with van der Waals surface area (Å²) in [7, 11) is 0. The molecule has 0 amide bonds. The molecule has 4 nitrogen and oxygen atoms in total. The molecule has 3 aromatic carbocycles. The minimum atomic E-state index is 0.645. The molecule has 0 radical (unpaired) electrons. The fraction of sp³-hybridized carbons (Fsp3) is 0.324. The van der Waals surface area contributed by atoms with Crippen molar-refractivity contribution < 1.29 is 0 Å². The van der Waals surface area contributed by atoms with Crippen molar-refractivity contribution in [3.8, 4) is 0 Å². The summed E-state index contributed by atoms with van der Waals surface area (Å²) in [5, 5.41) is 0. The number of aliphatic imine (C=N–C) groups is 1. The van der Waals surface area contributed by atoms with E-state index >= 15 is 0 Å². The lowest BCUT2D eigenvalue weighted by molar-refractivity contribution is 0.817. The first-order valence-corrected chi connectivity index (χ1v) is 14.0. The monoisotopic (exact) mass is 506 g/mol. The number of anilines is 2. The summed E-state index contributed by atoms with van der Waals surface area (Å²) in [5.41, 5.74) is 18.0. The van der Waals surface area contributed by atoms with Crippen LogP contribution in [0, 0.1) is 6.92 Å². The molecule has 1 aliphatic carbocycles. The van der Waals surface area contributed by atoms with E-state index in [1.165, 1.54) is 50.3 Å². The molecular formula is C34H42N4. The van der Waals surface area contributed by atoms with Crippen LogP contribution in [-0.2, 0) is 0 Å². The van der Waals surface area contributed by atoms with E-state index in [1.807, 2.05) is 0 Å². The van der Waals surface area contributed by atoms with E-state index in [0.717, 1.165) is 38.4 Å². The molecule has 0 atom stereocenters. The number of fused-ring (bicyclic) bond motifs is 1. The van der Waals surface area contributed by atoms with Gasteiger partial charge in [-0.15, -0.1) is 0 Å². The zero-order valence-corrected chi connectivity index (χ0v) is 23.7. The van der Waals surface area contributed by atoms with Crippen molar-refractivity contribution in [2.75, 3.05) is 49.1 Å². The van der Waals surface area contributed by atoms with Gasteiger partial charge in [0, 0.05) is 56.2 Å². The molecule has 0 unspecified atom stereocenters. The van der Waals surface area contributed by atoms with E-state index in [1.54, 1.807) is 0 Å². The lowest BCUT2D eigenvalue weighted by atomic mass is 9.82. The Morgan fingerprint density at radius 1 is 0.763 bits per heavy atom. The van der Waals surface area contributed by atoms with E-state index < -0.39 is 0 Å². The van der Waals surface area contributed by atoms with Gasteiger partial charge in [0.05, 0.1) is 5.71 Å². The van der Waals surface area contributed by atoms with Crippen molar-refractivity contribution in [2.24, 2.45) is 10.7 Å². The number of hydrogen-bond donors (Lipinski definition) is 1. The van der Waals surface area contributed by atoms with Gasteiger partial charge in [-0.2, -0.15) is 0 Å². The smallest absolute Gasteiger partial charge is 0.0652 e. The molecule has 0 saturated heterocycles. The van der Waals surface area contributed by atoms with Gasteiger partial charge in [-0.25, -0.2) is 0 Å². The summed E-state index contributed by atoms with van der Waals surface area (Å²) >= 11 is 0. The second-order valence-corrected chi connectivity index (χ2v) is 9.61. The fourth-order valence-corrected chi connectivity index (χ4v) is 5.44. The van der Waals surface area contributed by atoms with Crippen molar-refractivity contribution in [1.29, 1.82) is 0 Å². The SMILES string of the molecule is CCN=C1C=CC(=C(c2ccc(N(CC)CCN)cc2)c2ccc(N(CC)CC)cc2C)c2ccccc21. The summed E-state index contributed by atoms with van der Waals surface area (Å²) < 4.78 is 0. The first-order chi connectivity index (χ1) is 18.6. The lowest BCUT2D eigenvalue weighted by Crippen LogP contribution is -2.28. The Morgan fingerprint density at radius 2 is 1.42 bits per heavy atom. The molecule has 0 bridgehead atoms. The third kappa shape index (κ3) is 5.61. The van der Waals surface area contributed by atoms with Gasteiger partial charge < -0.3 is 15.5 Å². The molecule has 0 spiro atoms. The highest BCUT2D eigenvalue weighted by atomic mass is 15.1. The van der Waals surface area contributed by atoms with Crippen LogP contribution in [0.4, 0.5) is 11.4 Å². The van der Waals surface area contributed by atoms with Crippen LogP contribution in [0.5, 0.6) is 0 Å². The molecule has 0 saturated carbocycles. The van der Waals surface area contributed by atoms with Crippen molar-refractivity contribution in [3.05, 3.63) is 107 Å². The Balaban J connectivity index is 1.94. The average Bonchev–Trinajstić information content (AvgIpc) is 2.95. The summed E-state index contributed by atoms with van der Waals surface area (Å²) in [5.74, 6) is 0. The number of nitrogens with two attached hydrogens (primary N) is 1. The quantitative estimate of drug-likeness (QED) is 0.323. The van der Waals surface area contributed by atoms with Crippen LogP contribution in [0.2, 0.25) is 0 Å². The van der Waals surface area contributed by atoms with E-state index in [0.29, 0.717) is 6.54 Å². The van der Waals surface area contributed by atoms with Crippen LogP contribution in [0.25, 0.3) is 11.1 Å². The third-order valence-corrected chi connectivity index (χ3v) is 7.41. The van der Waals surface area contributed by atoms with Gasteiger partial charge in [-0.3, -0.25) is 4.99 Å². The third-order valence-electron chi connectivity index (χ3n) is 7.41. The van der Waals surface area contributed by atoms with Crippen LogP contribution in [-0.4, -0.2) is 45.0 Å². The Bertz CT molecular complexity index is 1330. The van der Waals surface area contributed by atoms with Crippen LogP contribution in [0.3, 0.4) is 0 Å². The van der Waals surface area contributed by atoms with Gasteiger partial charge in [-0.1, -0.05) is 48.5 Å². The predicted molar refractivity (Wildman–Crippen MR) is 167 cm³/mol. The lowest BCUT2D eigenvalue weighted by Gasteiger charge is -2.25. The number of allylic oxidation sites excluding steroid dienone is 3. The number of hydrogen-bond acceptors (Lipinski definition) is 4. The zero-order valence-electron chi connectivity index (χ0n) is 23.7. The highest BCUT2D eigenvalue weighted by Crippen LogP contribution is 2.39. The van der Waals surface area contributed by atoms with E-state index in [-0.39, 0.29) is 0 Å². The highest BCUT2D eigenvalue weighted by Gasteiger charge is 2.21. The zero-order chi connectivity index (χ0) is 27.1. The molecular weight excluding hydrogens is 464 g/mol. The molecule has 38 heavy (non-hydrogen) atoms. The molecule has 4 heteroatoms. The summed E-state index contributed by atoms with van der Waals surface area (Å²) in [4.78, 5) is 9.50. The van der Waals surface area contributed by atoms with E-state index in [4.69, 9.17) is 10.7 Å². The molecule has 2 N–H and O–H groups in total. The Labute approximate surface area is 229 Å². The maximum Gasteiger partial charge on any atom is 0.0652 e. The highest BCUT2D eigenvalue weighted by molar-refractivity contribution is 6.19. The molecule has 0 heterocycles. The van der Waals surface area contributed by atoms with E-state index in [9.17, 15) is 0 Å². The van der Waals surface area contributed by atoms with Gasteiger partial charge >= 0.3 is 0 Å². The fourth-order valence-electron chi connectivity index (χ4n) is 5.44. The first-order valence-electron chi connectivity index (χ1n) is 14.0. The summed E-state index contributed by atoms with van der Waals surface area (Å²) in [6, 6.07) is 24.6. The minimum Gasteiger partial charge on any atom is -0.372 e. The van der Waals surface area contributed by atoms with Gasteiger partial charge in [0.2, 0.25) is 0 Å². The second-order valence-electron chi connectivity index (χ2n) is 9.61. The van der Waals surface area contributed by atoms with Crippen LogP contribution in [0.1, 0.15) is 55.5 Å². The van der Waals surface area contributed by atoms with Crippen molar-refractivity contribution in [1.82, 2.24) is 0 Å². The van der Waals surface area contributed by atoms with Crippen molar-refractivity contribution >= 4 is 28.2 Å². The Morgan fingerprint density at radius 3 is 2.03 bits per heavy atom. The standard InChI is InChI=1S/C34H42N4/c1-6-36-33-21-20-32(30-12-10-11-13-31(30)33)34(26-14-16-27(17-15-26)38(9-4)23-22-35)29-19-18-28(24-25(29)5)37(7-2)8-3/h10-21,24H,6-9,22-23,35H2,1-5H3. The number of benzene rings is 3. The summed E-state index contributed by atoms with van der Waals surface area (Å²) in [6.07, 6.45) is 4.43. The van der Waals surface area contributed by atoms with Crippen molar-refractivity contribution in [3.63, 3.8) is 0 Å². The van der Waals surface area contributed by atoms with E-state index in [2.05, 4.69) is 123 Å². The maximum atomic E-state index is 5.87. The number of rotatable bonds is 10. The van der Waals surface area contributed by atoms with Gasteiger partial charge in [-0.05, 0) is 98.4 Å². The average molecular weight is 507 g/mol. The van der Waals surface area contributed by atoms with Crippen LogP contribution in [0.15, 0.2) is 83.9 Å². The molecule has 0 aromatic heterocycles. The molecule has 0 fully saturated rings. The predicted octanol–water partition coefficient (Wildman–Crippen LogP) is 6.96. The normalized spacial score (nSPS) is 14.9. The van der Waals surface area contributed by atoms with Crippen LogP contribution < -0.4 is 15.5 Å². The Kier molecular flexibility index (Phi) is 9.19.